The normalized spacial score (nSPS) is 8.58. The molecule has 12 heavy (non-hydrogen) atoms. The van der Waals surface area contributed by atoms with E-state index in [4.69, 9.17) is 0 Å². The van der Waals surface area contributed by atoms with Gasteiger partial charge in [0.1, 0.15) is 0 Å². The molecule has 0 aliphatic carbocycles. The molecule has 3 nitrogen and oxygen atoms in total. The van der Waals surface area contributed by atoms with Crippen molar-refractivity contribution in [1.29, 1.82) is 0 Å². The van der Waals surface area contributed by atoms with E-state index >= 15 is 0 Å². The van der Waals surface area contributed by atoms with E-state index in [0.717, 1.165) is 11.2 Å². The maximum atomic E-state index is 10.0. The number of hydrogen-bond donors (Lipinski definition) is 1. The molecule has 1 N–H and O–H groups in total. The number of rotatable bonds is 2. The number of nitrogens with one attached hydrogen (secondary N) is 1. The van der Waals surface area contributed by atoms with Gasteiger partial charge >= 0.3 is 0 Å². The minimum atomic E-state index is 0.808. The van der Waals surface area contributed by atoms with Crippen LogP contribution in [0.15, 0.2) is 12.1 Å². The Morgan fingerprint density at radius 1 is 1.58 bits per heavy atom. The van der Waals surface area contributed by atoms with Crippen molar-refractivity contribution >= 4 is 17.6 Å². The topological polar surface area (TPSA) is 38.3 Å². The van der Waals surface area contributed by atoms with Gasteiger partial charge in [0.2, 0.25) is 0 Å². The van der Waals surface area contributed by atoms with E-state index in [-0.39, 0.29) is 0 Å². The Morgan fingerprint density at radius 3 is 2.33 bits per heavy atom. The molecule has 0 amide bonds. The van der Waals surface area contributed by atoms with E-state index in [1.807, 2.05) is 19.1 Å². The molecule has 0 radical (unpaired) electrons. The average molecular weight is 187 g/mol. The van der Waals surface area contributed by atoms with Crippen LogP contribution in [0, 0.1) is 6.92 Å². The second-order valence-electron chi connectivity index (χ2n) is 1.97. The first-order valence-corrected chi connectivity index (χ1v) is 4.27. The molecule has 0 unspecified atom stereocenters. The lowest BCUT2D eigenvalue weighted by molar-refractivity contribution is 0.112. The van der Waals surface area contributed by atoms with Crippen molar-refractivity contribution in [2.24, 2.45) is 0 Å². The smallest absolute Gasteiger partial charge is 0.160 e. The number of aldehydes is 1. The summed E-state index contributed by atoms with van der Waals surface area (Å²) in [5.41, 5.74) is 2.43. The van der Waals surface area contributed by atoms with E-state index in [1.54, 1.807) is 14.2 Å². The van der Waals surface area contributed by atoms with Crippen LogP contribution in [0.1, 0.15) is 14.5 Å². The molecule has 68 valence electrons. The zero-order valence-electron chi connectivity index (χ0n) is 7.46. The largest absolute Gasteiger partial charge is 0.305 e. The number of hydrogen-bond acceptors (Lipinski definition) is 4. The highest BCUT2D eigenvalue weighted by Gasteiger charge is 1.90. The SMILES string of the molecule is CNOC.Cc1ccc(C=O)s1. The van der Waals surface area contributed by atoms with Gasteiger partial charge < -0.3 is 4.84 Å². The molecule has 0 saturated carbocycles. The van der Waals surface area contributed by atoms with Gasteiger partial charge in [-0.05, 0) is 19.1 Å². The third kappa shape index (κ3) is 5.01. The summed E-state index contributed by atoms with van der Waals surface area (Å²) in [6.07, 6.45) is 0.873. The Morgan fingerprint density at radius 2 is 2.17 bits per heavy atom. The first kappa shape index (κ1) is 11.3. The highest BCUT2D eigenvalue weighted by atomic mass is 32.1. The average Bonchev–Trinajstić information content (AvgIpc) is 2.52. The summed E-state index contributed by atoms with van der Waals surface area (Å²) in [4.78, 5) is 16.3. The lowest BCUT2D eigenvalue weighted by Crippen LogP contribution is -2.00. The van der Waals surface area contributed by atoms with Gasteiger partial charge in [-0.1, -0.05) is 0 Å². The van der Waals surface area contributed by atoms with Crippen molar-refractivity contribution < 1.29 is 9.63 Å². The highest BCUT2D eigenvalue weighted by molar-refractivity contribution is 7.13. The van der Waals surface area contributed by atoms with Gasteiger partial charge in [0, 0.05) is 11.9 Å². The van der Waals surface area contributed by atoms with Crippen molar-refractivity contribution in [3.63, 3.8) is 0 Å². The molecule has 1 aromatic rings. The van der Waals surface area contributed by atoms with Gasteiger partial charge in [0.15, 0.2) is 6.29 Å². The van der Waals surface area contributed by atoms with Crippen LogP contribution in [0.5, 0.6) is 0 Å². The summed E-state index contributed by atoms with van der Waals surface area (Å²) in [7, 11) is 3.28. The summed E-state index contributed by atoms with van der Waals surface area (Å²) >= 11 is 1.52. The lowest BCUT2D eigenvalue weighted by Gasteiger charge is -1.80. The molecule has 1 rings (SSSR count). The minimum Gasteiger partial charge on any atom is -0.305 e. The maximum absolute atomic E-state index is 10.0. The van der Waals surface area contributed by atoms with Gasteiger partial charge in [-0.25, -0.2) is 5.48 Å². The number of thiophene rings is 1. The van der Waals surface area contributed by atoms with Gasteiger partial charge in [0.25, 0.3) is 0 Å². The van der Waals surface area contributed by atoms with Gasteiger partial charge in [-0.2, -0.15) is 0 Å². The van der Waals surface area contributed by atoms with Crippen LogP contribution in [-0.2, 0) is 4.84 Å². The third-order valence-corrected chi connectivity index (χ3v) is 2.01. The molecule has 0 spiro atoms. The van der Waals surface area contributed by atoms with Crippen molar-refractivity contribution in [3.05, 3.63) is 21.9 Å². The molecule has 0 bridgehead atoms. The van der Waals surface area contributed by atoms with E-state index in [9.17, 15) is 4.79 Å². The van der Waals surface area contributed by atoms with Crippen LogP contribution in [-0.4, -0.2) is 20.4 Å². The summed E-state index contributed by atoms with van der Waals surface area (Å²) in [5.74, 6) is 0. The molecule has 0 fully saturated rings. The number of carbonyl (C=O) groups excluding carboxylic acids is 1. The molecule has 1 aromatic heterocycles. The zero-order chi connectivity index (χ0) is 9.40. The Labute approximate surface area is 76.3 Å². The first-order chi connectivity index (χ1) is 5.74. The van der Waals surface area contributed by atoms with Crippen molar-refractivity contribution in [1.82, 2.24) is 5.48 Å². The molecule has 0 aromatic carbocycles. The van der Waals surface area contributed by atoms with Crippen LogP contribution in [0.25, 0.3) is 0 Å². The fourth-order valence-corrected chi connectivity index (χ4v) is 1.21. The Balaban J connectivity index is 0.000000261. The van der Waals surface area contributed by atoms with Crippen molar-refractivity contribution in [3.8, 4) is 0 Å². The van der Waals surface area contributed by atoms with Crippen LogP contribution >= 0.6 is 11.3 Å². The second kappa shape index (κ2) is 6.97. The summed E-state index contributed by atoms with van der Waals surface area (Å²) in [5, 5.41) is 0. The minimum absolute atomic E-state index is 0.808. The second-order valence-corrected chi connectivity index (χ2v) is 3.29. The summed E-state index contributed by atoms with van der Waals surface area (Å²) in [6, 6.07) is 3.77. The predicted octanol–water partition coefficient (Wildman–Crippen LogP) is 1.64. The van der Waals surface area contributed by atoms with Gasteiger partial charge in [-0.15, -0.1) is 11.3 Å². The third-order valence-electron chi connectivity index (χ3n) is 1.08. The van der Waals surface area contributed by atoms with E-state index in [0.29, 0.717) is 0 Å². The maximum Gasteiger partial charge on any atom is 0.160 e. The standard InChI is InChI=1S/C6H6OS.C2H7NO/c1-5-2-3-6(4-7)8-5;1-3-4-2/h2-4H,1H3;3H,1-2H3. The number of carbonyl (C=O) groups is 1. The molecule has 0 aliphatic heterocycles. The summed E-state index contributed by atoms with van der Waals surface area (Å²) in [6.45, 7) is 1.98. The van der Waals surface area contributed by atoms with E-state index in [1.165, 1.54) is 16.2 Å². The molecule has 0 saturated heterocycles. The van der Waals surface area contributed by atoms with Crippen LogP contribution in [0.3, 0.4) is 0 Å². The van der Waals surface area contributed by atoms with Gasteiger partial charge in [-0.3, -0.25) is 4.79 Å². The van der Waals surface area contributed by atoms with Crippen molar-refractivity contribution in [2.45, 2.75) is 6.92 Å². The Kier molecular flexibility index (Phi) is 6.55. The number of hydroxylamine groups is 1. The zero-order valence-corrected chi connectivity index (χ0v) is 8.27. The quantitative estimate of drug-likeness (QED) is 0.565. The van der Waals surface area contributed by atoms with E-state index < -0.39 is 0 Å². The molecular weight excluding hydrogens is 174 g/mol. The van der Waals surface area contributed by atoms with E-state index in [2.05, 4.69) is 10.3 Å². The Hall–Kier alpha value is -0.710. The molecule has 4 heteroatoms. The van der Waals surface area contributed by atoms with Crippen LogP contribution < -0.4 is 5.48 Å². The fourth-order valence-electron chi connectivity index (χ4n) is 0.517. The van der Waals surface area contributed by atoms with Crippen LogP contribution in [0.2, 0.25) is 0 Å². The van der Waals surface area contributed by atoms with Crippen LogP contribution in [0.4, 0.5) is 0 Å². The fraction of sp³-hybridized carbons (Fsp3) is 0.375. The highest BCUT2D eigenvalue weighted by Crippen LogP contribution is 2.11. The van der Waals surface area contributed by atoms with Gasteiger partial charge in [0.05, 0.1) is 12.0 Å². The molecule has 0 atom stereocenters. The number of aryl methyl sites for hydroxylation is 1. The molecular formula is C8H13NO2S. The predicted molar refractivity (Wildman–Crippen MR) is 50.5 cm³/mol. The lowest BCUT2D eigenvalue weighted by atomic mass is 10.5. The van der Waals surface area contributed by atoms with Crippen molar-refractivity contribution in [2.75, 3.05) is 14.2 Å². The molecule has 0 aliphatic rings. The Bertz CT molecular complexity index is 221. The first-order valence-electron chi connectivity index (χ1n) is 3.46. The summed E-state index contributed by atoms with van der Waals surface area (Å²) < 4.78 is 0. The molecule has 1 heterocycles. The monoisotopic (exact) mass is 187 g/mol.